The van der Waals surface area contributed by atoms with Gasteiger partial charge in [-0.25, -0.2) is 0 Å². The molecular formula is C17H18O2. The van der Waals surface area contributed by atoms with Gasteiger partial charge in [-0.05, 0) is 29.7 Å². The molecule has 2 aromatic carbocycles. The third-order valence-electron chi connectivity index (χ3n) is 3.49. The zero-order chi connectivity index (χ0) is 13.1. The first kappa shape index (κ1) is 12.1. The van der Waals surface area contributed by atoms with Crippen LogP contribution in [0, 0.1) is 0 Å². The van der Waals surface area contributed by atoms with Crippen molar-refractivity contribution >= 4 is 0 Å². The Morgan fingerprint density at radius 3 is 2.74 bits per heavy atom. The molecule has 0 saturated heterocycles. The Morgan fingerprint density at radius 1 is 1.11 bits per heavy atom. The zero-order valence-electron chi connectivity index (χ0n) is 11.1. The van der Waals surface area contributed by atoms with Gasteiger partial charge in [0.15, 0.2) is 0 Å². The first-order chi connectivity index (χ1) is 9.36. The van der Waals surface area contributed by atoms with E-state index in [1.807, 2.05) is 30.3 Å². The number of fused-ring (bicyclic) bond motifs is 1. The highest BCUT2D eigenvalue weighted by Gasteiger charge is 2.22. The van der Waals surface area contributed by atoms with E-state index in [0.717, 1.165) is 24.3 Å². The minimum absolute atomic E-state index is 0.127. The maximum atomic E-state index is 5.92. The molecular weight excluding hydrogens is 236 g/mol. The summed E-state index contributed by atoms with van der Waals surface area (Å²) in [5, 5.41) is 0. The summed E-state index contributed by atoms with van der Waals surface area (Å²) in [6.07, 6.45) is 2.05. The normalized spacial score (nSPS) is 16.8. The molecule has 3 rings (SSSR count). The highest BCUT2D eigenvalue weighted by molar-refractivity contribution is 5.37. The van der Waals surface area contributed by atoms with Crippen LogP contribution in [0.5, 0.6) is 11.5 Å². The maximum Gasteiger partial charge on any atom is 0.137 e. The lowest BCUT2D eigenvalue weighted by Gasteiger charge is -2.14. The van der Waals surface area contributed by atoms with Crippen LogP contribution in [0.1, 0.15) is 18.1 Å². The molecule has 0 N–H and O–H groups in total. The Labute approximate surface area is 114 Å². The third kappa shape index (κ3) is 2.58. The molecule has 1 unspecified atom stereocenters. The lowest BCUT2D eigenvalue weighted by Crippen LogP contribution is -2.22. The minimum Gasteiger partial charge on any atom is -0.489 e. The number of benzene rings is 2. The van der Waals surface area contributed by atoms with Crippen LogP contribution in [0.3, 0.4) is 0 Å². The molecule has 0 bridgehead atoms. The Bertz CT molecular complexity index is 538. The van der Waals surface area contributed by atoms with E-state index in [2.05, 4.69) is 25.1 Å². The van der Waals surface area contributed by atoms with Gasteiger partial charge in [-0.2, -0.15) is 0 Å². The van der Waals surface area contributed by atoms with Gasteiger partial charge in [-0.15, -0.1) is 0 Å². The van der Waals surface area contributed by atoms with E-state index in [4.69, 9.17) is 9.47 Å². The number of ether oxygens (including phenoxy) is 2. The molecule has 1 heterocycles. The van der Waals surface area contributed by atoms with Gasteiger partial charge in [-0.3, -0.25) is 0 Å². The smallest absolute Gasteiger partial charge is 0.137 e. The van der Waals surface area contributed by atoms with Crippen LogP contribution in [-0.2, 0) is 12.8 Å². The summed E-state index contributed by atoms with van der Waals surface area (Å²) in [5.41, 5.74) is 2.53. The topological polar surface area (TPSA) is 18.5 Å². The molecule has 2 heteroatoms. The fraction of sp³-hybridized carbons (Fsp3) is 0.294. The Hall–Kier alpha value is -1.96. The van der Waals surface area contributed by atoms with Crippen molar-refractivity contribution in [2.75, 3.05) is 6.61 Å². The molecule has 0 amide bonds. The van der Waals surface area contributed by atoms with Crippen LogP contribution < -0.4 is 9.47 Å². The Kier molecular flexibility index (Phi) is 3.41. The number of para-hydroxylation sites is 2. The fourth-order valence-electron chi connectivity index (χ4n) is 2.47. The van der Waals surface area contributed by atoms with Crippen molar-refractivity contribution in [2.24, 2.45) is 0 Å². The highest BCUT2D eigenvalue weighted by atomic mass is 16.5. The van der Waals surface area contributed by atoms with Crippen molar-refractivity contribution in [3.05, 3.63) is 59.7 Å². The van der Waals surface area contributed by atoms with Gasteiger partial charge in [-0.1, -0.05) is 43.3 Å². The summed E-state index contributed by atoms with van der Waals surface area (Å²) >= 11 is 0. The summed E-state index contributed by atoms with van der Waals surface area (Å²) in [5.74, 6) is 1.98. The second-order valence-corrected chi connectivity index (χ2v) is 4.82. The van der Waals surface area contributed by atoms with Crippen LogP contribution in [-0.4, -0.2) is 12.7 Å². The van der Waals surface area contributed by atoms with Crippen molar-refractivity contribution < 1.29 is 9.47 Å². The van der Waals surface area contributed by atoms with Gasteiger partial charge >= 0.3 is 0 Å². The van der Waals surface area contributed by atoms with Gasteiger partial charge in [0, 0.05) is 6.42 Å². The first-order valence-electron chi connectivity index (χ1n) is 6.82. The van der Waals surface area contributed by atoms with Gasteiger partial charge < -0.3 is 9.47 Å². The SMILES string of the molecule is CCc1ccccc1OCC1Cc2ccccc2O1. The molecule has 0 fully saturated rings. The summed E-state index contributed by atoms with van der Waals surface area (Å²) in [7, 11) is 0. The van der Waals surface area contributed by atoms with E-state index >= 15 is 0 Å². The second-order valence-electron chi connectivity index (χ2n) is 4.82. The van der Waals surface area contributed by atoms with Crippen molar-refractivity contribution in [3.8, 4) is 11.5 Å². The predicted octanol–water partition coefficient (Wildman–Crippen LogP) is 3.63. The van der Waals surface area contributed by atoms with E-state index in [0.29, 0.717) is 6.61 Å². The van der Waals surface area contributed by atoms with E-state index in [1.165, 1.54) is 11.1 Å². The number of hydrogen-bond acceptors (Lipinski definition) is 2. The summed E-state index contributed by atoms with van der Waals surface area (Å²) in [6, 6.07) is 16.4. The van der Waals surface area contributed by atoms with Gasteiger partial charge in [0.05, 0.1) is 0 Å². The largest absolute Gasteiger partial charge is 0.489 e. The van der Waals surface area contributed by atoms with Crippen molar-refractivity contribution in [1.82, 2.24) is 0 Å². The summed E-state index contributed by atoms with van der Waals surface area (Å²) in [4.78, 5) is 0. The molecule has 0 saturated carbocycles. The second kappa shape index (κ2) is 5.35. The Balaban J connectivity index is 1.63. The van der Waals surface area contributed by atoms with Crippen molar-refractivity contribution in [2.45, 2.75) is 25.9 Å². The van der Waals surface area contributed by atoms with Crippen molar-refractivity contribution in [1.29, 1.82) is 0 Å². The van der Waals surface area contributed by atoms with Crippen molar-refractivity contribution in [3.63, 3.8) is 0 Å². The lowest BCUT2D eigenvalue weighted by atomic mass is 10.1. The molecule has 0 aliphatic carbocycles. The molecule has 19 heavy (non-hydrogen) atoms. The predicted molar refractivity (Wildman–Crippen MR) is 75.9 cm³/mol. The molecule has 98 valence electrons. The van der Waals surface area contributed by atoms with Gasteiger partial charge in [0.2, 0.25) is 0 Å². The molecule has 0 spiro atoms. The number of hydrogen-bond donors (Lipinski definition) is 0. The van der Waals surface area contributed by atoms with Crippen LogP contribution in [0.25, 0.3) is 0 Å². The summed E-state index contributed by atoms with van der Waals surface area (Å²) < 4.78 is 11.8. The number of aryl methyl sites for hydroxylation is 1. The van der Waals surface area contributed by atoms with E-state index in [-0.39, 0.29) is 6.10 Å². The average Bonchev–Trinajstić information content (AvgIpc) is 2.88. The molecule has 1 aliphatic heterocycles. The van der Waals surface area contributed by atoms with Crippen LogP contribution in [0.15, 0.2) is 48.5 Å². The highest BCUT2D eigenvalue weighted by Crippen LogP contribution is 2.28. The molecule has 1 aliphatic rings. The Morgan fingerprint density at radius 2 is 1.89 bits per heavy atom. The monoisotopic (exact) mass is 254 g/mol. The average molecular weight is 254 g/mol. The number of rotatable bonds is 4. The molecule has 1 atom stereocenters. The summed E-state index contributed by atoms with van der Waals surface area (Å²) in [6.45, 7) is 2.75. The molecule has 0 radical (unpaired) electrons. The van der Waals surface area contributed by atoms with Gasteiger partial charge in [0.1, 0.15) is 24.2 Å². The molecule has 0 aromatic heterocycles. The molecule has 2 nitrogen and oxygen atoms in total. The minimum atomic E-state index is 0.127. The lowest BCUT2D eigenvalue weighted by molar-refractivity contribution is 0.148. The zero-order valence-corrected chi connectivity index (χ0v) is 11.1. The van der Waals surface area contributed by atoms with Crippen LogP contribution >= 0.6 is 0 Å². The van der Waals surface area contributed by atoms with Gasteiger partial charge in [0.25, 0.3) is 0 Å². The van der Waals surface area contributed by atoms with E-state index in [9.17, 15) is 0 Å². The van der Waals surface area contributed by atoms with Crippen LogP contribution in [0.4, 0.5) is 0 Å². The maximum absolute atomic E-state index is 5.92. The van der Waals surface area contributed by atoms with Crippen LogP contribution in [0.2, 0.25) is 0 Å². The quantitative estimate of drug-likeness (QED) is 0.829. The third-order valence-corrected chi connectivity index (χ3v) is 3.49. The molecule has 2 aromatic rings. The fourth-order valence-corrected chi connectivity index (χ4v) is 2.47. The van der Waals surface area contributed by atoms with E-state index in [1.54, 1.807) is 0 Å². The standard InChI is InChI=1S/C17H18O2/c1-2-13-7-3-5-9-16(13)18-12-15-11-14-8-4-6-10-17(14)19-15/h3-10,15H,2,11-12H2,1H3. The first-order valence-corrected chi connectivity index (χ1v) is 6.82. The van der Waals surface area contributed by atoms with E-state index < -0.39 is 0 Å².